The van der Waals surface area contributed by atoms with Gasteiger partial charge in [-0.1, -0.05) is 36.4 Å². The van der Waals surface area contributed by atoms with Crippen molar-refractivity contribution in [1.82, 2.24) is 9.97 Å². The summed E-state index contributed by atoms with van der Waals surface area (Å²) in [5.74, 6) is 0.649. The highest BCUT2D eigenvalue weighted by molar-refractivity contribution is 6.08. The number of carbonyl (C=O) groups excluding carboxylic acids is 1. The largest absolute Gasteiger partial charge is 0.345 e. The highest BCUT2D eigenvalue weighted by atomic mass is 16.1. The molecule has 0 saturated carbocycles. The summed E-state index contributed by atoms with van der Waals surface area (Å²) in [5.41, 5.74) is 0.682. The van der Waals surface area contributed by atoms with Gasteiger partial charge in [-0.25, -0.2) is 4.98 Å². The van der Waals surface area contributed by atoms with E-state index in [-0.39, 0.29) is 5.78 Å². The van der Waals surface area contributed by atoms with Crippen molar-refractivity contribution < 1.29 is 4.79 Å². The fraction of sp³-hybridized carbons (Fsp3) is 0. The van der Waals surface area contributed by atoms with Crippen molar-refractivity contribution in [3.8, 4) is 0 Å². The fourth-order valence-corrected chi connectivity index (χ4v) is 1.96. The summed E-state index contributed by atoms with van der Waals surface area (Å²) in [6.07, 6.45) is 6.58. The van der Waals surface area contributed by atoms with Crippen LogP contribution in [0.4, 0.5) is 0 Å². The molecule has 0 unspecified atom stereocenters. The molecule has 0 spiro atoms. The maximum atomic E-state index is 12.1. The van der Waals surface area contributed by atoms with Crippen molar-refractivity contribution >= 4 is 22.6 Å². The Hall–Kier alpha value is -2.68. The number of fused-ring (bicyclic) bond motifs is 1. The van der Waals surface area contributed by atoms with E-state index >= 15 is 0 Å². The molecule has 1 aromatic heterocycles. The third-order valence-electron chi connectivity index (χ3n) is 2.95. The van der Waals surface area contributed by atoms with Crippen LogP contribution in [-0.2, 0) is 0 Å². The van der Waals surface area contributed by atoms with Crippen LogP contribution in [-0.4, -0.2) is 15.8 Å². The molecule has 0 radical (unpaired) electrons. The molecule has 1 heterocycles. The van der Waals surface area contributed by atoms with Gasteiger partial charge in [0.2, 0.25) is 0 Å². The second-order valence-corrected chi connectivity index (χ2v) is 4.23. The zero-order valence-corrected chi connectivity index (χ0v) is 10.2. The van der Waals surface area contributed by atoms with Crippen LogP contribution < -0.4 is 0 Å². The normalized spacial score (nSPS) is 11.2. The predicted octanol–water partition coefficient (Wildman–Crippen LogP) is 3.46. The number of aromatic amines is 1. The van der Waals surface area contributed by atoms with Gasteiger partial charge in [-0.3, -0.25) is 4.79 Å². The quantitative estimate of drug-likeness (QED) is 0.570. The third-order valence-corrected chi connectivity index (χ3v) is 2.95. The lowest BCUT2D eigenvalue weighted by atomic mass is 10.0. The smallest absolute Gasteiger partial charge is 0.185 e. The van der Waals surface area contributed by atoms with Gasteiger partial charge in [0.25, 0.3) is 0 Å². The van der Waals surface area contributed by atoms with Gasteiger partial charge < -0.3 is 4.98 Å². The molecule has 0 bridgehead atoms. The molecule has 19 heavy (non-hydrogen) atoms. The molecule has 92 valence electrons. The second-order valence-electron chi connectivity index (χ2n) is 4.23. The molecule has 0 amide bonds. The fourth-order valence-electron chi connectivity index (χ4n) is 1.96. The summed E-state index contributed by atoms with van der Waals surface area (Å²) < 4.78 is 0. The summed E-state index contributed by atoms with van der Waals surface area (Å²) in [7, 11) is 0. The van der Waals surface area contributed by atoms with E-state index in [1.807, 2.05) is 42.5 Å². The molecular formula is C16H12N2O. The van der Waals surface area contributed by atoms with E-state index in [2.05, 4.69) is 9.97 Å². The minimum Gasteiger partial charge on any atom is -0.345 e. The van der Waals surface area contributed by atoms with Crippen molar-refractivity contribution in [2.75, 3.05) is 0 Å². The lowest BCUT2D eigenvalue weighted by Crippen LogP contribution is -1.94. The Labute approximate surface area is 110 Å². The number of hydrogen-bond donors (Lipinski definition) is 1. The average Bonchev–Trinajstić information content (AvgIpc) is 2.97. The van der Waals surface area contributed by atoms with Crippen molar-refractivity contribution in [2.45, 2.75) is 0 Å². The maximum Gasteiger partial charge on any atom is 0.185 e. The van der Waals surface area contributed by atoms with Crippen LogP contribution in [0.5, 0.6) is 0 Å². The number of nitrogens with one attached hydrogen (secondary N) is 1. The monoisotopic (exact) mass is 248 g/mol. The Kier molecular flexibility index (Phi) is 2.94. The van der Waals surface area contributed by atoms with Crippen LogP contribution in [0.25, 0.3) is 16.8 Å². The van der Waals surface area contributed by atoms with Gasteiger partial charge in [0, 0.05) is 18.0 Å². The van der Waals surface area contributed by atoms with Crippen LogP contribution in [0, 0.1) is 0 Å². The summed E-state index contributed by atoms with van der Waals surface area (Å²) in [6, 6.07) is 13.7. The molecule has 0 aliphatic rings. The number of carbonyl (C=O) groups is 1. The van der Waals surface area contributed by atoms with Crippen molar-refractivity contribution in [2.24, 2.45) is 0 Å². The Morgan fingerprint density at radius 3 is 2.74 bits per heavy atom. The number of rotatable bonds is 3. The predicted molar refractivity (Wildman–Crippen MR) is 75.9 cm³/mol. The van der Waals surface area contributed by atoms with Gasteiger partial charge in [-0.05, 0) is 29.0 Å². The third kappa shape index (κ3) is 2.45. The van der Waals surface area contributed by atoms with Gasteiger partial charge in [0.05, 0.1) is 0 Å². The van der Waals surface area contributed by atoms with E-state index in [0.717, 1.165) is 10.8 Å². The Morgan fingerprint density at radius 2 is 1.95 bits per heavy atom. The standard InChI is InChI=1S/C16H12N2O/c19-15(7-8-16-17-9-10-18-16)14-6-5-12-3-1-2-4-13(12)11-14/h1-11H,(H,17,18)/b8-7-. The first kappa shape index (κ1) is 11.4. The molecule has 2 aromatic carbocycles. The topological polar surface area (TPSA) is 45.8 Å². The van der Waals surface area contributed by atoms with Crippen LogP contribution in [0.3, 0.4) is 0 Å². The maximum absolute atomic E-state index is 12.1. The van der Waals surface area contributed by atoms with E-state index in [0.29, 0.717) is 11.4 Å². The Bertz CT molecular complexity index is 742. The van der Waals surface area contributed by atoms with Crippen LogP contribution >= 0.6 is 0 Å². The molecule has 0 saturated heterocycles. The molecule has 3 rings (SSSR count). The SMILES string of the molecule is O=C(/C=C\c1ncc[nH]1)c1ccc2ccccc2c1. The zero-order chi connectivity index (χ0) is 13.1. The first-order chi connectivity index (χ1) is 9.33. The van der Waals surface area contributed by atoms with Gasteiger partial charge >= 0.3 is 0 Å². The van der Waals surface area contributed by atoms with Crippen molar-refractivity contribution in [1.29, 1.82) is 0 Å². The molecular weight excluding hydrogens is 236 g/mol. The van der Waals surface area contributed by atoms with Gasteiger partial charge in [0.15, 0.2) is 5.78 Å². The number of benzene rings is 2. The summed E-state index contributed by atoms with van der Waals surface area (Å²) in [6.45, 7) is 0. The molecule has 3 heteroatoms. The molecule has 0 fully saturated rings. The van der Waals surface area contributed by atoms with Gasteiger partial charge in [0.1, 0.15) is 5.82 Å². The number of nitrogens with zero attached hydrogens (tertiary/aromatic N) is 1. The minimum atomic E-state index is -0.0258. The zero-order valence-electron chi connectivity index (χ0n) is 10.2. The highest BCUT2D eigenvalue weighted by Crippen LogP contribution is 2.16. The van der Waals surface area contributed by atoms with Gasteiger partial charge in [-0.2, -0.15) is 0 Å². The Morgan fingerprint density at radius 1 is 1.11 bits per heavy atom. The summed E-state index contributed by atoms with van der Waals surface area (Å²) >= 11 is 0. The number of hydrogen-bond acceptors (Lipinski definition) is 2. The van der Waals surface area contributed by atoms with Gasteiger partial charge in [-0.15, -0.1) is 0 Å². The van der Waals surface area contributed by atoms with Crippen LogP contribution in [0.15, 0.2) is 60.9 Å². The van der Waals surface area contributed by atoms with Crippen LogP contribution in [0.1, 0.15) is 16.2 Å². The summed E-state index contributed by atoms with van der Waals surface area (Å²) in [4.78, 5) is 19.0. The highest BCUT2D eigenvalue weighted by Gasteiger charge is 2.03. The van der Waals surface area contributed by atoms with Crippen LogP contribution in [0.2, 0.25) is 0 Å². The summed E-state index contributed by atoms with van der Waals surface area (Å²) in [5, 5.41) is 2.20. The molecule has 3 aromatic rings. The van der Waals surface area contributed by atoms with E-state index in [1.54, 1.807) is 18.5 Å². The Balaban J connectivity index is 1.89. The number of H-pyrrole nitrogens is 1. The minimum absolute atomic E-state index is 0.0258. The van der Waals surface area contributed by atoms with E-state index < -0.39 is 0 Å². The van der Waals surface area contributed by atoms with Crippen molar-refractivity contribution in [3.63, 3.8) is 0 Å². The average molecular weight is 248 g/mol. The lowest BCUT2D eigenvalue weighted by molar-refractivity contribution is 0.104. The van der Waals surface area contributed by atoms with Crippen molar-refractivity contribution in [3.05, 3.63) is 72.3 Å². The molecule has 0 aliphatic carbocycles. The molecule has 1 N–H and O–H groups in total. The number of imidazole rings is 1. The second kappa shape index (κ2) is 4.90. The first-order valence-electron chi connectivity index (χ1n) is 6.03. The van der Waals surface area contributed by atoms with E-state index in [4.69, 9.17) is 0 Å². The lowest BCUT2D eigenvalue weighted by Gasteiger charge is -2.00. The molecule has 3 nitrogen and oxygen atoms in total. The first-order valence-corrected chi connectivity index (χ1v) is 6.03. The van der Waals surface area contributed by atoms with E-state index in [1.165, 1.54) is 6.08 Å². The number of allylic oxidation sites excluding steroid dienone is 1. The number of aromatic nitrogens is 2. The molecule has 0 aliphatic heterocycles. The van der Waals surface area contributed by atoms with E-state index in [9.17, 15) is 4.79 Å². The number of ketones is 1. The molecule has 0 atom stereocenters.